The van der Waals surface area contributed by atoms with Crippen LogP contribution in [0.2, 0.25) is 0 Å². The molecule has 1 saturated heterocycles. The van der Waals surface area contributed by atoms with Crippen molar-refractivity contribution in [2.75, 3.05) is 44.3 Å². The van der Waals surface area contributed by atoms with E-state index in [1.807, 2.05) is 0 Å². The fraction of sp³-hybridized carbons (Fsp3) is 0.409. The smallest absolute Gasteiger partial charge is 0.105 e. The summed E-state index contributed by atoms with van der Waals surface area (Å²) >= 11 is 0. The van der Waals surface area contributed by atoms with E-state index in [1.165, 1.54) is 17.1 Å². The van der Waals surface area contributed by atoms with E-state index in [2.05, 4.69) is 70.5 Å². The summed E-state index contributed by atoms with van der Waals surface area (Å²) in [6.45, 7) is 5.71. The molecule has 2 aromatic rings. The first-order chi connectivity index (χ1) is 12.9. The number of morpholine rings is 1. The van der Waals surface area contributed by atoms with Crippen LogP contribution in [0.25, 0.3) is 0 Å². The van der Waals surface area contributed by atoms with Crippen LogP contribution in [0.4, 0.5) is 5.69 Å². The normalized spacial score (nSPS) is 21.5. The van der Waals surface area contributed by atoms with Crippen molar-refractivity contribution in [3.8, 4) is 0 Å². The quantitative estimate of drug-likeness (QED) is 0.823. The highest BCUT2D eigenvalue weighted by Gasteiger charge is 2.28. The first-order valence-corrected chi connectivity index (χ1v) is 9.64. The Bertz CT molecular complexity index is 711. The molecule has 0 aliphatic carbocycles. The summed E-state index contributed by atoms with van der Waals surface area (Å²) in [7, 11) is 0. The third-order valence-electron chi connectivity index (χ3n) is 5.26. The molecule has 2 aliphatic heterocycles. The fourth-order valence-electron chi connectivity index (χ4n) is 3.89. The van der Waals surface area contributed by atoms with E-state index in [-0.39, 0.29) is 0 Å². The second kappa shape index (κ2) is 8.47. The van der Waals surface area contributed by atoms with Crippen molar-refractivity contribution in [3.63, 3.8) is 0 Å². The molecule has 0 N–H and O–H groups in total. The van der Waals surface area contributed by atoms with Gasteiger partial charge in [0.2, 0.25) is 0 Å². The lowest BCUT2D eigenvalue weighted by Gasteiger charge is -2.38. The van der Waals surface area contributed by atoms with Gasteiger partial charge in [-0.15, -0.1) is 0 Å². The molecule has 0 spiro atoms. The van der Waals surface area contributed by atoms with Crippen molar-refractivity contribution in [2.45, 2.75) is 18.9 Å². The van der Waals surface area contributed by atoms with Gasteiger partial charge in [0.15, 0.2) is 0 Å². The van der Waals surface area contributed by atoms with Crippen LogP contribution in [0.1, 0.15) is 24.4 Å². The number of ether oxygens (including phenoxy) is 1. The molecule has 1 fully saturated rings. The van der Waals surface area contributed by atoms with Crippen LogP contribution in [-0.2, 0) is 4.74 Å². The zero-order valence-corrected chi connectivity index (χ0v) is 15.3. The van der Waals surface area contributed by atoms with Gasteiger partial charge in [-0.05, 0) is 24.1 Å². The highest BCUT2D eigenvalue weighted by atomic mass is 16.5. The van der Waals surface area contributed by atoms with Crippen molar-refractivity contribution in [2.24, 2.45) is 4.99 Å². The molecule has 2 heterocycles. The molecular weight excluding hydrogens is 322 g/mol. The van der Waals surface area contributed by atoms with Crippen LogP contribution in [-0.4, -0.2) is 50.1 Å². The maximum Gasteiger partial charge on any atom is 0.105 e. The second-order valence-electron chi connectivity index (χ2n) is 6.92. The van der Waals surface area contributed by atoms with Gasteiger partial charge in [-0.1, -0.05) is 48.5 Å². The van der Waals surface area contributed by atoms with Crippen LogP contribution >= 0.6 is 0 Å². The second-order valence-corrected chi connectivity index (χ2v) is 6.92. The highest BCUT2D eigenvalue weighted by Crippen LogP contribution is 2.33. The molecule has 136 valence electrons. The first-order valence-electron chi connectivity index (χ1n) is 9.64. The minimum absolute atomic E-state index is 0.357. The Labute approximate surface area is 156 Å². The number of para-hydroxylation sites is 1. The number of aliphatic imine (C=N–C) groups is 1. The van der Waals surface area contributed by atoms with E-state index < -0.39 is 0 Å². The topological polar surface area (TPSA) is 28.1 Å². The molecule has 2 aliphatic rings. The standard InChI is InChI=1S/C22H27N3O/c1-3-7-19(8-4-1)21-11-13-23-22(12-14-24-15-17-26-18-16-24)25(21)20-9-5-2-6-10-20/h1-10,21H,11-18H2. The van der Waals surface area contributed by atoms with E-state index in [0.29, 0.717) is 6.04 Å². The maximum absolute atomic E-state index is 5.47. The van der Waals surface area contributed by atoms with Crippen LogP contribution in [0.15, 0.2) is 65.7 Å². The van der Waals surface area contributed by atoms with Crippen LogP contribution in [0, 0.1) is 0 Å². The van der Waals surface area contributed by atoms with Gasteiger partial charge in [0.25, 0.3) is 0 Å². The van der Waals surface area contributed by atoms with Crippen molar-refractivity contribution >= 4 is 11.5 Å². The molecule has 2 aromatic carbocycles. The molecule has 0 radical (unpaired) electrons. The third-order valence-corrected chi connectivity index (χ3v) is 5.26. The van der Waals surface area contributed by atoms with E-state index >= 15 is 0 Å². The lowest BCUT2D eigenvalue weighted by molar-refractivity contribution is 0.0391. The maximum atomic E-state index is 5.47. The third kappa shape index (κ3) is 3.97. The lowest BCUT2D eigenvalue weighted by atomic mass is 9.98. The molecule has 4 nitrogen and oxygen atoms in total. The number of amidine groups is 1. The molecule has 0 bridgehead atoms. The average molecular weight is 349 g/mol. The number of benzene rings is 2. The molecule has 4 rings (SSSR count). The zero-order chi connectivity index (χ0) is 17.6. The van der Waals surface area contributed by atoms with Crippen LogP contribution in [0.3, 0.4) is 0 Å². The summed E-state index contributed by atoms with van der Waals surface area (Å²) in [6.07, 6.45) is 2.04. The van der Waals surface area contributed by atoms with Gasteiger partial charge >= 0.3 is 0 Å². The minimum atomic E-state index is 0.357. The molecule has 1 unspecified atom stereocenters. The Kier molecular flexibility index (Phi) is 5.62. The van der Waals surface area contributed by atoms with Gasteiger partial charge in [-0.2, -0.15) is 0 Å². The number of rotatable bonds is 5. The molecule has 1 atom stereocenters. The fourth-order valence-corrected chi connectivity index (χ4v) is 3.89. The van der Waals surface area contributed by atoms with Crippen LogP contribution < -0.4 is 4.90 Å². The largest absolute Gasteiger partial charge is 0.379 e. The summed E-state index contributed by atoms with van der Waals surface area (Å²) < 4.78 is 5.47. The Morgan fingerprint density at radius 1 is 0.923 bits per heavy atom. The highest BCUT2D eigenvalue weighted by molar-refractivity contribution is 5.99. The Morgan fingerprint density at radius 2 is 1.62 bits per heavy atom. The Balaban J connectivity index is 1.57. The summed E-state index contributed by atoms with van der Waals surface area (Å²) in [5.41, 5.74) is 2.61. The van der Waals surface area contributed by atoms with Gasteiger partial charge in [-0.25, -0.2) is 0 Å². The van der Waals surface area contributed by atoms with Gasteiger partial charge in [0.05, 0.1) is 19.3 Å². The summed E-state index contributed by atoms with van der Waals surface area (Å²) in [5, 5.41) is 0. The van der Waals surface area contributed by atoms with Crippen molar-refractivity contribution in [1.82, 2.24) is 4.90 Å². The summed E-state index contributed by atoms with van der Waals surface area (Å²) in [4.78, 5) is 9.88. The average Bonchev–Trinajstić information content (AvgIpc) is 2.74. The van der Waals surface area contributed by atoms with E-state index in [9.17, 15) is 0 Å². The molecular formula is C22H27N3O. The van der Waals surface area contributed by atoms with Gasteiger partial charge in [0, 0.05) is 38.3 Å². The van der Waals surface area contributed by atoms with E-state index in [4.69, 9.17) is 9.73 Å². The molecule has 0 aromatic heterocycles. The van der Waals surface area contributed by atoms with E-state index in [1.54, 1.807) is 0 Å². The van der Waals surface area contributed by atoms with Gasteiger partial charge < -0.3 is 9.64 Å². The monoisotopic (exact) mass is 349 g/mol. The molecule has 26 heavy (non-hydrogen) atoms. The van der Waals surface area contributed by atoms with Crippen LogP contribution in [0.5, 0.6) is 0 Å². The molecule has 0 amide bonds. The lowest BCUT2D eigenvalue weighted by Crippen LogP contribution is -2.42. The van der Waals surface area contributed by atoms with Crippen molar-refractivity contribution in [1.29, 1.82) is 0 Å². The van der Waals surface area contributed by atoms with Crippen molar-refractivity contribution < 1.29 is 4.74 Å². The summed E-state index contributed by atoms with van der Waals surface area (Å²) in [6, 6.07) is 21.9. The predicted octanol–water partition coefficient (Wildman–Crippen LogP) is 3.76. The molecule has 0 saturated carbocycles. The summed E-state index contributed by atoms with van der Waals surface area (Å²) in [5.74, 6) is 1.21. The number of anilines is 1. The minimum Gasteiger partial charge on any atom is -0.379 e. The van der Waals surface area contributed by atoms with Gasteiger partial charge in [0.1, 0.15) is 5.84 Å². The van der Waals surface area contributed by atoms with Crippen molar-refractivity contribution in [3.05, 3.63) is 66.2 Å². The Morgan fingerprint density at radius 3 is 2.35 bits per heavy atom. The predicted molar refractivity (Wildman–Crippen MR) is 107 cm³/mol. The Hall–Kier alpha value is -2.17. The van der Waals surface area contributed by atoms with Gasteiger partial charge in [-0.3, -0.25) is 9.89 Å². The number of hydrogen-bond donors (Lipinski definition) is 0. The zero-order valence-electron chi connectivity index (χ0n) is 15.3. The number of nitrogens with zero attached hydrogens (tertiary/aromatic N) is 3. The first kappa shape index (κ1) is 17.3. The van der Waals surface area contributed by atoms with E-state index in [0.717, 1.165) is 52.2 Å². The SMILES string of the molecule is c1ccc(C2CCN=C(CCN3CCOCC3)N2c2ccccc2)cc1. The number of hydrogen-bond acceptors (Lipinski definition) is 4. The molecule has 4 heteroatoms.